The summed E-state index contributed by atoms with van der Waals surface area (Å²) in [4.78, 5) is 17.8. The van der Waals surface area contributed by atoms with Crippen molar-refractivity contribution in [1.82, 2.24) is 15.2 Å². The molecule has 2 aliphatic heterocycles. The van der Waals surface area contributed by atoms with Gasteiger partial charge in [-0.3, -0.25) is 4.79 Å². The van der Waals surface area contributed by atoms with Gasteiger partial charge in [0.05, 0.1) is 31.0 Å². The van der Waals surface area contributed by atoms with Gasteiger partial charge in [0.25, 0.3) is 5.56 Å². The normalized spacial score (nSPS) is 17.4. The highest BCUT2D eigenvalue weighted by molar-refractivity contribution is 7.80. The average molecular weight is 456 g/mol. The number of nitrogens with one attached hydrogen (secondary N) is 2. The summed E-state index contributed by atoms with van der Waals surface area (Å²) < 4.78 is 22.5. The summed E-state index contributed by atoms with van der Waals surface area (Å²) in [5.41, 5.74) is 1.14. The van der Waals surface area contributed by atoms with Crippen LogP contribution in [0.5, 0.6) is 11.5 Å². The molecule has 3 aromatic rings. The van der Waals surface area contributed by atoms with E-state index in [0.29, 0.717) is 60.5 Å². The smallest absolute Gasteiger partial charge is 0.253 e. The van der Waals surface area contributed by atoms with Gasteiger partial charge in [-0.1, -0.05) is 0 Å². The van der Waals surface area contributed by atoms with E-state index in [0.717, 1.165) is 30.6 Å². The molecule has 0 radical (unpaired) electrons. The Morgan fingerprint density at radius 1 is 1.16 bits per heavy atom. The number of nitrogens with zero attached hydrogens (tertiary/aromatic N) is 1. The summed E-state index contributed by atoms with van der Waals surface area (Å²) in [6.07, 6.45) is 3.88. The molecule has 1 atom stereocenters. The van der Waals surface area contributed by atoms with E-state index < -0.39 is 0 Å². The van der Waals surface area contributed by atoms with Crippen molar-refractivity contribution in [2.45, 2.75) is 32.0 Å². The molecule has 1 saturated heterocycles. The van der Waals surface area contributed by atoms with Gasteiger partial charge in [-0.05, 0) is 49.3 Å². The Morgan fingerprint density at radius 2 is 2.00 bits per heavy atom. The standard InChI is InChI=1S/C23H25N3O5S/c27-22-16(9-15-10-20-21(11-19(15)25-22)31-8-7-30-20)13-26(14-18-4-2-6-29-18)23(32)24-12-17-3-1-5-28-17/h2,4,6,9-11,17H,1,3,5,7-8,12-14H2,(H,24,32)(H,25,27). The highest BCUT2D eigenvalue weighted by Gasteiger charge is 2.20. The predicted octanol–water partition coefficient (Wildman–Crippen LogP) is 2.95. The van der Waals surface area contributed by atoms with Crippen molar-refractivity contribution in [3.63, 3.8) is 0 Å². The molecule has 168 valence electrons. The van der Waals surface area contributed by atoms with Crippen molar-refractivity contribution in [3.05, 3.63) is 58.3 Å². The fraction of sp³-hybridized carbons (Fsp3) is 0.391. The third-order valence-electron chi connectivity index (χ3n) is 5.66. The Morgan fingerprint density at radius 3 is 2.75 bits per heavy atom. The highest BCUT2D eigenvalue weighted by atomic mass is 32.1. The van der Waals surface area contributed by atoms with Crippen molar-refractivity contribution in [2.24, 2.45) is 0 Å². The SMILES string of the molecule is O=c1[nH]c2cc3c(cc2cc1CN(Cc1ccco1)C(=S)NCC1CCCO1)OCCO3. The number of fused-ring (bicyclic) bond motifs is 2. The lowest BCUT2D eigenvalue weighted by Crippen LogP contribution is -2.42. The summed E-state index contributed by atoms with van der Waals surface area (Å²) in [5.74, 6) is 2.09. The van der Waals surface area contributed by atoms with Crippen LogP contribution in [0.1, 0.15) is 24.2 Å². The van der Waals surface area contributed by atoms with E-state index in [2.05, 4.69) is 10.3 Å². The van der Waals surface area contributed by atoms with E-state index >= 15 is 0 Å². The molecule has 2 N–H and O–H groups in total. The summed E-state index contributed by atoms with van der Waals surface area (Å²) in [6, 6.07) is 9.32. The number of furan rings is 1. The van der Waals surface area contributed by atoms with Gasteiger partial charge in [0.15, 0.2) is 16.6 Å². The van der Waals surface area contributed by atoms with Crippen LogP contribution in [-0.4, -0.2) is 47.5 Å². The van der Waals surface area contributed by atoms with Gasteiger partial charge < -0.3 is 33.8 Å². The fourth-order valence-electron chi connectivity index (χ4n) is 4.02. The van der Waals surface area contributed by atoms with E-state index in [9.17, 15) is 4.79 Å². The second-order valence-electron chi connectivity index (χ2n) is 7.96. The van der Waals surface area contributed by atoms with E-state index in [1.807, 2.05) is 35.2 Å². The zero-order valence-corrected chi connectivity index (χ0v) is 18.4. The third-order valence-corrected chi connectivity index (χ3v) is 6.07. The van der Waals surface area contributed by atoms with Crippen molar-refractivity contribution in [1.29, 1.82) is 0 Å². The van der Waals surface area contributed by atoms with Crippen LogP contribution in [0, 0.1) is 0 Å². The molecule has 0 aliphatic carbocycles. The maximum absolute atomic E-state index is 12.9. The zero-order chi connectivity index (χ0) is 21.9. The molecule has 0 bridgehead atoms. The van der Waals surface area contributed by atoms with Crippen molar-refractivity contribution in [2.75, 3.05) is 26.4 Å². The van der Waals surface area contributed by atoms with Crippen LogP contribution in [0.25, 0.3) is 10.9 Å². The first-order valence-corrected chi connectivity index (χ1v) is 11.2. The van der Waals surface area contributed by atoms with Crippen molar-refractivity contribution in [3.8, 4) is 11.5 Å². The van der Waals surface area contributed by atoms with Gasteiger partial charge in [0.1, 0.15) is 19.0 Å². The van der Waals surface area contributed by atoms with Gasteiger partial charge in [-0.2, -0.15) is 0 Å². The number of pyridine rings is 1. The Labute approximate surface area is 190 Å². The van der Waals surface area contributed by atoms with Gasteiger partial charge in [0, 0.05) is 30.2 Å². The third kappa shape index (κ3) is 4.58. The van der Waals surface area contributed by atoms with Gasteiger partial charge in [-0.15, -0.1) is 0 Å². The Kier molecular flexibility index (Phi) is 6.00. The monoisotopic (exact) mass is 455 g/mol. The molecule has 1 aromatic carbocycles. The largest absolute Gasteiger partial charge is 0.486 e. The molecule has 1 fully saturated rings. The van der Waals surface area contributed by atoms with E-state index in [-0.39, 0.29) is 11.7 Å². The topological polar surface area (TPSA) is 89.0 Å². The minimum Gasteiger partial charge on any atom is -0.486 e. The number of thiocarbonyl (C=S) groups is 1. The minimum atomic E-state index is -0.166. The maximum atomic E-state index is 12.9. The van der Waals surface area contributed by atoms with E-state index in [1.165, 1.54) is 0 Å². The summed E-state index contributed by atoms with van der Waals surface area (Å²) in [5, 5.41) is 4.73. The van der Waals surface area contributed by atoms with E-state index in [4.69, 9.17) is 30.8 Å². The number of ether oxygens (including phenoxy) is 3. The van der Waals surface area contributed by atoms with Crippen LogP contribution >= 0.6 is 12.2 Å². The quantitative estimate of drug-likeness (QED) is 0.549. The minimum absolute atomic E-state index is 0.163. The number of rotatable bonds is 6. The lowest BCUT2D eigenvalue weighted by atomic mass is 10.1. The molecule has 32 heavy (non-hydrogen) atoms. The second kappa shape index (κ2) is 9.22. The molecule has 5 rings (SSSR count). The lowest BCUT2D eigenvalue weighted by Gasteiger charge is -2.26. The molecular weight excluding hydrogens is 430 g/mol. The summed E-state index contributed by atoms with van der Waals surface area (Å²) in [7, 11) is 0. The van der Waals surface area contributed by atoms with Crippen LogP contribution in [0.3, 0.4) is 0 Å². The first-order valence-electron chi connectivity index (χ1n) is 10.8. The second-order valence-corrected chi connectivity index (χ2v) is 8.35. The lowest BCUT2D eigenvalue weighted by molar-refractivity contribution is 0.113. The molecule has 9 heteroatoms. The van der Waals surface area contributed by atoms with Crippen LogP contribution < -0.4 is 20.3 Å². The van der Waals surface area contributed by atoms with Gasteiger partial charge >= 0.3 is 0 Å². The molecular formula is C23H25N3O5S. The predicted molar refractivity (Wildman–Crippen MR) is 123 cm³/mol. The molecule has 0 spiro atoms. The van der Waals surface area contributed by atoms with Gasteiger partial charge in [0.2, 0.25) is 0 Å². The fourth-order valence-corrected chi connectivity index (χ4v) is 4.23. The number of aromatic amines is 1. The first-order chi connectivity index (χ1) is 15.7. The first kappa shape index (κ1) is 20.8. The van der Waals surface area contributed by atoms with Crippen molar-refractivity contribution < 1.29 is 18.6 Å². The van der Waals surface area contributed by atoms with Crippen LogP contribution in [0.2, 0.25) is 0 Å². The summed E-state index contributed by atoms with van der Waals surface area (Å²) >= 11 is 5.67. The summed E-state index contributed by atoms with van der Waals surface area (Å²) in [6.45, 7) is 3.22. The van der Waals surface area contributed by atoms with E-state index in [1.54, 1.807) is 6.26 Å². The Hall–Kier alpha value is -3.04. The van der Waals surface area contributed by atoms with Crippen LogP contribution in [0.4, 0.5) is 0 Å². The number of benzene rings is 1. The zero-order valence-electron chi connectivity index (χ0n) is 17.6. The van der Waals surface area contributed by atoms with Gasteiger partial charge in [-0.25, -0.2) is 0 Å². The van der Waals surface area contributed by atoms with Crippen LogP contribution in [-0.2, 0) is 17.8 Å². The Bertz CT molecular complexity index is 1150. The molecule has 0 saturated carbocycles. The number of hydrogen-bond acceptors (Lipinski definition) is 6. The van der Waals surface area contributed by atoms with Crippen molar-refractivity contribution >= 4 is 28.2 Å². The molecule has 4 heterocycles. The molecule has 8 nitrogen and oxygen atoms in total. The molecule has 2 aromatic heterocycles. The number of hydrogen-bond donors (Lipinski definition) is 2. The molecule has 2 aliphatic rings. The molecule has 0 amide bonds. The average Bonchev–Trinajstić information content (AvgIpc) is 3.50. The van der Waals surface area contributed by atoms with Crippen LogP contribution in [0.15, 0.2) is 45.8 Å². The molecule has 1 unspecified atom stereocenters. The Balaban J connectivity index is 1.39. The number of aromatic nitrogens is 1. The number of H-pyrrole nitrogens is 1. The highest BCUT2D eigenvalue weighted by Crippen LogP contribution is 2.33. The maximum Gasteiger partial charge on any atom is 0.253 e.